The number of fused-ring (bicyclic) bond motifs is 1. The van der Waals surface area contributed by atoms with E-state index in [4.69, 9.17) is 4.74 Å². The molecule has 3 aliphatic heterocycles. The minimum Gasteiger partial charge on any atom is -0.497 e. The zero-order valence-corrected chi connectivity index (χ0v) is 19.0. The van der Waals surface area contributed by atoms with Gasteiger partial charge in [0.25, 0.3) is 5.91 Å². The molecule has 2 saturated heterocycles. The minimum absolute atomic E-state index is 0.0506. The van der Waals surface area contributed by atoms with E-state index < -0.39 is 17.4 Å². The molecule has 9 heteroatoms. The Morgan fingerprint density at radius 1 is 1.22 bits per heavy atom. The maximum atomic E-state index is 13.3. The van der Waals surface area contributed by atoms with Gasteiger partial charge < -0.3 is 24.8 Å². The fourth-order valence-electron chi connectivity index (χ4n) is 5.20. The molecule has 1 N–H and O–H groups in total. The second-order valence-electron chi connectivity index (χ2n) is 9.31. The average molecular weight is 443 g/mol. The van der Waals surface area contributed by atoms with E-state index in [1.54, 1.807) is 44.1 Å². The number of aryl methyl sites for hydroxylation is 1. The number of nitrogens with one attached hydrogen (secondary N) is 1. The van der Waals surface area contributed by atoms with E-state index in [-0.39, 0.29) is 43.1 Å². The fraction of sp³-hybridized carbons (Fsp3) is 0.565. The molecule has 0 radical (unpaired) electrons. The molecule has 3 atom stereocenters. The molecule has 1 spiro atoms. The van der Waals surface area contributed by atoms with Gasteiger partial charge in [-0.3, -0.25) is 19.2 Å². The van der Waals surface area contributed by atoms with Crippen LogP contribution in [0.5, 0.6) is 5.75 Å². The van der Waals surface area contributed by atoms with Crippen LogP contribution in [0.3, 0.4) is 0 Å². The van der Waals surface area contributed by atoms with Crippen molar-refractivity contribution in [3.63, 3.8) is 0 Å². The van der Waals surface area contributed by atoms with Crippen LogP contribution in [0.25, 0.3) is 0 Å². The van der Waals surface area contributed by atoms with Crippen molar-refractivity contribution in [1.29, 1.82) is 0 Å². The molecular formula is C23H30N4O5. The smallest absolute Gasteiger partial charge is 0.252 e. The molecule has 4 amide bonds. The summed E-state index contributed by atoms with van der Waals surface area (Å²) in [5.74, 6) is -0.952. The summed E-state index contributed by atoms with van der Waals surface area (Å²) in [6.07, 6.45) is 1.32. The van der Waals surface area contributed by atoms with E-state index in [1.165, 1.54) is 4.90 Å². The Morgan fingerprint density at radius 2 is 1.97 bits per heavy atom. The highest BCUT2D eigenvalue weighted by molar-refractivity contribution is 5.98. The first-order valence-electron chi connectivity index (χ1n) is 10.9. The van der Waals surface area contributed by atoms with Crippen LogP contribution >= 0.6 is 0 Å². The third kappa shape index (κ3) is 3.69. The van der Waals surface area contributed by atoms with E-state index in [1.807, 2.05) is 12.1 Å². The molecule has 0 aliphatic carbocycles. The average Bonchev–Trinajstić information content (AvgIpc) is 3.26. The number of rotatable bonds is 3. The SMILES string of the molecule is COc1ccc2c(c1)C(=O)N[C@@]1(CC2)CN(C(=O)[C@@H]2CC(=O)N(C)C2)C[C@@H]1C(=O)N(C)C. The van der Waals surface area contributed by atoms with Crippen LogP contribution in [0.4, 0.5) is 0 Å². The van der Waals surface area contributed by atoms with E-state index >= 15 is 0 Å². The van der Waals surface area contributed by atoms with Gasteiger partial charge in [0.1, 0.15) is 5.75 Å². The summed E-state index contributed by atoms with van der Waals surface area (Å²) in [5.41, 5.74) is 0.559. The predicted octanol–water partition coefficient (Wildman–Crippen LogP) is 0.135. The van der Waals surface area contributed by atoms with Gasteiger partial charge in [0.15, 0.2) is 0 Å². The number of methoxy groups -OCH3 is 1. The van der Waals surface area contributed by atoms with Crippen LogP contribution in [-0.2, 0) is 20.8 Å². The number of benzene rings is 1. The molecule has 2 fully saturated rings. The lowest BCUT2D eigenvalue weighted by Crippen LogP contribution is -2.57. The lowest BCUT2D eigenvalue weighted by molar-refractivity contribution is -0.136. The van der Waals surface area contributed by atoms with Gasteiger partial charge in [-0.1, -0.05) is 6.07 Å². The van der Waals surface area contributed by atoms with Crippen molar-refractivity contribution >= 4 is 23.6 Å². The van der Waals surface area contributed by atoms with Gasteiger partial charge in [0, 0.05) is 52.8 Å². The lowest BCUT2D eigenvalue weighted by Gasteiger charge is -2.34. The van der Waals surface area contributed by atoms with Crippen molar-refractivity contribution in [3.8, 4) is 5.75 Å². The lowest BCUT2D eigenvalue weighted by atomic mass is 9.81. The normalized spacial score (nSPS) is 27.2. The van der Waals surface area contributed by atoms with Crippen molar-refractivity contribution in [1.82, 2.24) is 20.0 Å². The summed E-state index contributed by atoms with van der Waals surface area (Å²) in [4.78, 5) is 56.4. The second kappa shape index (κ2) is 8.11. The van der Waals surface area contributed by atoms with Crippen LogP contribution in [-0.4, -0.2) is 91.8 Å². The largest absolute Gasteiger partial charge is 0.497 e. The van der Waals surface area contributed by atoms with E-state index in [0.29, 0.717) is 30.7 Å². The first-order valence-corrected chi connectivity index (χ1v) is 10.9. The second-order valence-corrected chi connectivity index (χ2v) is 9.31. The Labute approximate surface area is 187 Å². The molecule has 3 aliphatic rings. The van der Waals surface area contributed by atoms with Crippen LogP contribution in [0.1, 0.15) is 28.8 Å². The van der Waals surface area contributed by atoms with Crippen molar-refractivity contribution in [2.75, 3.05) is 47.9 Å². The highest BCUT2D eigenvalue weighted by Crippen LogP contribution is 2.37. The van der Waals surface area contributed by atoms with Gasteiger partial charge in [-0.2, -0.15) is 0 Å². The van der Waals surface area contributed by atoms with Gasteiger partial charge in [-0.25, -0.2) is 0 Å². The van der Waals surface area contributed by atoms with Crippen LogP contribution in [0.2, 0.25) is 0 Å². The predicted molar refractivity (Wildman–Crippen MR) is 116 cm³/mol. The monoisotopic (exact) mass is 442 g/mol. The van der Waals surface area contributed by atoms with Crippen LogP contribution in [0, 0.1) is 11.8 Å². The highest BCUT2D eigenvalue weighted by Gasteiger charge is 2.54. The van der Waals surface area contributed by atoms with E-state index in [0.717, 1.165) is 5.56 Å². The Kier molecular flexibility index (Phi) is 5.60. The third-order valence-corrected chi connectivity index (χ3v) is 7.05. The van der Waals surface area contributed by atoms with Gasteiger partial charge in [0.05, 0.1) is 24.5 Å². The highest BCUT2D eigenvalue weighted by atomic mass is 16.5. The van der Waals surface area contributed by atoms with Crippen molar-refractivity contribution in [3.05, 3.63) is 29.3 Å². The van der Waals surface area contributed by atoms with Crippen LogP contribution in [0.15, 0.2) is 18.2 Å². The number of likely N-dealkylation sites (tertiary alicyclic amines) is 2. The summed E-state index contributed by atoms with van der Waals surface area (Å²) in [7, 11) is 6.61. The molecule has 1 aromatic carbocycles. The van der Waals surface area contributed by atoms with Gasteiger partial charge in [0.2, 0.25) is 17.7 Å². The first-order chi connectivity index (χ1) is 15.1. The molecule has 0 aromatic heterocycles. The van der Waals surface area contributed by atoms with Gasteiger partial charge in [-0.15, -0.1) is 0 Å². The molecule has 4 rings (SSSR count). The molecule has 0 bridgehead atoms. The molecule has 1 aromatic rings. The number of nitrogens with zero attached hydrogens (tertiary/aromatic N) is 3. The Balaban J connectivity index is 1.64. The topological polar surface area (TPSA) is 99.3 Å². The third-order valence-electron chi connectivity index (χ3n) is 7.05. The fourth-order valence-corrected chi connectivity index (χ4v) is 5.20. The standard InChI is InChI=1S/C23H30N4O5/c1-25(2)22(31)18-12-27(21(30)15-9-19(28)26(3)11-15)13-23(18)8-7-14-5-6-16(32-4)10-17(14)20(29)24-23/h5-6,10,15,18H,7-9,11-13H2,1-4H3,(H,24,29)/t15-,18-,23+/m1/s1. The van der Waals surface area contributed by atoms with Gasteiger partial charge >= 0.3 is 0 Å². The Bertz CT molecular complexity index is 977. The van der Waals surface area contributed by atoms with Crippen LogP contribution < -0.4 is 10.1 Å². The molecule has 3 heterocycles. The number of hydrogen-bond acceptors (Lipinski definition) is 5. The van der Waals surface area contributed by atoms with E-state index in [2.05, 4.69) is 5.32 Å². The maximum absolute atomic E-state index is 13.3. The molecule has 0 unspecified atom stereocenters. The zero-order valence-electron chi connectivity index (χ0n) is 19.0. The number of carbonyl (C=O) groups is 4. The summed E-state index contributed by atoms with van der Waals surface area (Å²) in [5, 5.41) is 3.13. The van der Waals surface area contributed by atoms with Crippen molar-refractivity contribution < 1.29 is 23.9 Å². The van der Waals surface area contributed by atoms with E-state index in [9.17, 15) is 19.2 Å². The molecule has 172 valence electrons. The quantitative estimate of drug-likeness (QED) is 0.718. The maximum Gasteiger partial charge on any atom is 0.252 e. The Morgan fingerprint density at radius 3 is 2.59 bits per heavy atom. The minimum atomic E-state index is -0.866. The Hall–Kier alpha value is -3.10. The molecule has 9 nitrogen and oxygen atoms in total. The summed E-state index contributed by atoms with van der Waals surface area (Å²) >= 11 is 0. The number of carbonyl (C=O) groups excluding carboxylic acids is 4. The van der Waals surface area contributed by atoms with Gasteiger partial charge in [-0.05, 0) is 30.5 Å². The number of amides is 4. The first kappa shape index (κ1) is 22.1. The zero-order chi connectivity index (χ0) is 23.2. The molecular weight excluding hydrogens is 412 g/mol. The number of hydrogen-bond donors (Lipinski definition) is 1. The molecule has 32 heavy (non-hydrogen) atoms. The van der Waals surface area contributed by atoms with Crippen molar-refractivity contribution in [2.45, 2.75) is 24.8 Å². The molecule has 0 saturated carbocycles. The number of ether oxygens (including phenoxy) is 1. The summed E-state index contributed by atoms with van der Waals surface area (Å²) in [6, 6.07) is 5.42. The summed E-state index contributed by atoms with van der Waals surface area (Å²) in [6.45, 7) is 0.858. The van der Waals surface area contributed by atoms with Crippen molar-refractivity contribution in [2.24, 2.45) is 11.8 Å². The summed E-state index contributed by atoms with van der Waals surface area (Å²) < 4.78 is 5.27.